The van der Waals surface area contributed by atoms with Crippen molar-refractivity contribution >= 4 is 40.6 Å². The smallest absolute Gasteiger partial charge is 0.325 e. The van der Waals surface area contributed by atoms with E-state index in [4.69, 9.17) is 15.9 Å². The number of aromatic nitrogens is 3. The minimum absolute atomic E-state index is 0.0659. The number of aromatic amines is 2. The van der Waals surface area contributed by atoms with Crippen LogP contribution >= 0.6 is 0 Å². The van der Waals surface area contributed by atoms with Gasteiger partial charge in [0, 0.05) is 41.8 Å². The molecule has 4 atom stereocenters. The minimum Gasteiger partial charge on any atom is -0.481 e. The fourth-order valence-electron chi connectivity index (χ4n) is 3.92. The number of carboxylic acid groups (broad SMARTS) is 2. The fraction of sp³-hybridized carbons (Fsp3) is 0.360. The summed E-state index contributed by atoms with van der Waals surface area (Å²) in [5.41, 5.74) is 8.27. The monoisotopic (exact) mass is 541 g/mol. The highest BCUT2D eigenvalue weighted by Crippen LogP contribution is 2.19. The van der Waals surface area contributed by atoms with E-state index in [0.717, 1.165) is 16.5 Å². The third kappa shape index (κ3) is 8.13. The van der Waals surface area contributed by atoms with Gasteiger partial charge in [-0.25, -0.2) is 4.98 Å². The van der Waals surface area contributed by atoms with Gasteiger partial charge >= 0.3 is 11.9 Å². The Morgan fingerprint density at radius 1 is 0.949 bits per heavy atom. The molecule has 3 aromatic rings. The summed E-state index contributed by atoms with van der Waals surface area (Å²) in [6, 6.07) is 2.62. The minimum atomic E-state index is -1.32. The van der Waals surface area contributed by atoms with Crippen LogP contribution in [0.1, 0.15) is 31.0 Å². The highest BCUT2D eigenvalue weighted by Gasteiger charge is 2.30. The number of H-pyrrole nitrogens is 2. The van der Waals surface area contributed by atoms with E-state index >= 15 is 0 Å². The van der Waals surface area contributed by atoms with E-state index in [1.54, 1.807) is 6.20 Å². The first-order valence-corrected chi connectivity index (χ1v) is 12.2. The molecule has 1 aromatic carbocycles. The van der Waals surface area contributed by atoms with Crippen molar-refractivity contribution in [2.45, 2.75) is 56.8 Å². The lowest BCUT2D eigenvalue weighted by atomic mass is 10.0. The summed E-state index contributed by atoms with van der Waals surface area (Å²) >= 11 is 0. The molecule has 0 bridgehead atoms. The topological polar surface area (TPSA) is 232 Å². The molecule has 0 aliphatic carbocycles. The molecule has 3 amide bonds. The van der Waals surface area contributed by atoms with Gasteiger partial charge in [-0.15, -0.1) is 0 Å². The van der Waals surface area contributed by atoms with Gasteiger partial charge in [0.05, 0.1) is 12.4 Å². The van der Waals surface area contributed by atoms with Gasteiger partial charge in [0.25, 0.3) is 0 Å². The van der Waals surface area contributed by atoms with Crippen LogP contribution in [0.5, 0.6) is 0 Å². The first-order chi connectivity index (χ1) is 18.5. The molecule has 2 aromatic heterocycles. The van der Waals surface area contributed by atoms with E-state index in [1.165, 1.54) is 19.4 Å². The number of nitrogens with one attached hydrogen (secondary N) is 5. The number of hydrogen-bond acceptors (Lipinski definition) is 7. The van der Waals surface area contributed by atoms with Crippen molar-refractivity contribution in [1.82, 2.24) is 30.9 Å². The maximum absolute atomic E-state index is 13.2. The summed E-state index contributed by atoms with van der Waals surface area (Å²) in [5.74, 6) is -4.75. The van der Waals surface area contributed by atoms with Gasteiger partial charge in [0.1, 0.15) is 18.1 Å². The highest BCUT2D eigenvalue weighted by atomic mass is 16.4. The second-order valence-electron chi connectivity index (χ2n) is 9.07. The Bertz CT molecular complexity index is 1320. The van der Waals surface area contributed by atoms with Gasteiger partial charge in [-0.3, -0.25) is 24.0 Å². The molecule has 208 valence electrons. The molecular weight excluding hydrogens is 510 g/mol. The van der Waals surface area contributed by atoms with E-state index < -0.39 is 60.2 Å². The molecule has 14 nitrogen and oxygen atoms in total. The Kier molecular flexibility index (Phi) is 9.75. The van der Waals surface area contributed by atoms with Crippen LogP contribution < -0.4 is 21.7 Å². The first-order valence-electron chi connectivity index (χ1n) is 12.2. The van der Waals surface area contributed by atoms with E-state index in [0.29, 0.717) is 5.69 Å². The second-order valence-corrected chi connectivity index (χ2v) is 9.07. The molecule has 0 spiro atoms. The van der Waals surface area contributed by atoms with Gasteiger partial charge in [-0.05, 0) is 31.4 Å². The van der Waals surface area contributed by atoms with Crippen molar-refractivity contribution < 1.29 is 34.2 Å². The molecule has 39 heavy (non-hydrogen) atoms. The number of carbonyl (C=O) groups is 5. The summed E-state index contributed by atoms with van der Waals surface area (Å²) < 4.78 is 0. The molecule has 4 unspecified atom stereocenters. The largest absolute Gasteiger partial charge is 0.481 e. The van der Waals surface area contributed by atoms with Crippen LogP contribution in [0.4, 0.5) is 0 Å². The molecule has 2 heterocycles. The predicted octanol–water partition coefficient (Wildman–Crippen LogP) is -0.573. The molecule has 9 N–H and O–H groups in total. The predicted molar refractivity (Wildman–Crippen MR) is 138 cm³/mol. The van der Waals surface area contributed by atoms with Crippen LogP contribution in [0.15, 0.2) is 43.0 Å². The lowest BCUT2D eigenvalue weighted by Crippen LogP contribution is -2.57. The summed E-state index contributed by atoms with van der Waals surface area (Å²) in [5, 5.41) is 26.5. The van der Waals surface area contributed by atoms with Crippen molar-refractivity contribution in [1.29, 1.82) is 0 Å². The number of benzene rings is 1. The number of imidazole rings is 1. The standard InChI is InChI=1S/C25H31N7O7/c1-13(25(38)39)30-24(37)20(9-15-11-27-12-29-15)32-23(36)19(6-7-21(33)34)31-22(35)17(26)8-14-10-28-18-5-3-2-4-16(14)18/h2-5,10-13,17,19-20,28H,6-9,26H2,1H3,(H,27,29)(H,30,37)(H,31,35)(H,32,36)(H,33,34)(H,38,39). The van der Waals surface area contributed by atoms with Crippen LogP contribution in [0.2, 0.25) is 0 Å². The first kappa shape index (κ1) is 28.8. The Morgan fingerprint density at radius 2 is 1.64 bits per heavy atom. The van der Waals surface area contributed by atoms with Gasteiger partial charge < -0.3 is 41.9 Å². The summed E-state index contributed by atoms with van der Waals surface area (Å²) in [4.78, 5) is 71.1. The zero-order valence-corrected chi connectivity index (χ0v) is 21.1. The number of aliphatic carboxylic acids is 2. The summed E-state index contributed by atoms with van der Waals surface area (Å²) in [7, 11) is 0. The van der Waals surface area contributed by atoms with Crippen molar-refractivity contribution in [2.75, 3.05) is 0 Å². The van der Waals surface area contributed by atoms with Crippen LogP contribution in [0.3, 0.4) is 0 Å². The van der Waals surface area contributed by atoms with Gasteiger partial charge in [-0.1, -0.05) is 18.2 Å². The Labute approximate surface area is 222 Å². The molecule has 0 aliphatic heterocycles. The van der Waals surface area contributed by atoms with E-state index in [9.17, 15) is 24.0 Å². The average molecular weight is 542 g/mol. The average Bonchev–Trinajstić information content (AvgIpc) is 3.55. The number of amides is 3. The van der Waals surface area contributed by atoms with Crippen LogP contribution in [0, 0.1) is 0 Å². The van der Waals surface area contributed by atoms with Crippen molar-refractivity contribution in [3.63, 3.8) is 0 Å². The van der Waals surface area contributed by atoms with E-state index in [-0.39, 0.29) is 19.3 Å². The van der Waals surface area contributed by atoms with Crippen molar-refractivity contribution in [3.05, 3.63) is 54.2 Å². The lowest BCUT2D eigenvalue weighted by molar-refractivity contribution is -0.141. The molecule has 0 saturated heterocycles. The number of nitrogens with two attached hydrogens (primary N) is 1. The molecule has 0 radical (unpaired) electrons. The van der Waals surface area contributed by atoms with Crippen LogP contribution in [0.25, 0.3) is 10.9 Å². The highest BCUT2D eigenvalue weighted by molar-refractivity contribution is 5.94. The Hall–Kier alpha value is -4.72. The van der Waals surface area contributed by atoms with Crippen LogP contribution in [-0.2, 0) is 36.8 Å². The zero-order valence-electron chi connectivity index (χ0n) is 21.1. The maximum Gasteiger partial charge on any atom is 0.325 e. The number of fused-ring (bicyclic) bond motifs is 1. The molecule has 14 heteroatoms. The van der Waals surface area contributed by atoms with Crippen LogP contribution in [-0.4, -0.2) is 79.0 Å². The van der Waals surface area contributed by atoms with Gasteiger partial charge in [-0.2, -0.15) is 0 Å². The SMILES string of the molecule is CC(NC(=O)C(Cc1cnc[nH]1)NC(=O)C(CCC(=O)O)NC(=O)C(N)Cc1c[nH]c2ccccc12)C(=O)O. The number of carbonyl (C=O) groups excluding carboxylic acids is 3. The molecule has 0 saturated carbocycles. The maximum atomic E-state index is 13.2. The van der Waals surface area contributed by atoms with E-state index in [2.05, 4.69) is 30.9 Å². The number of rotatable bonds is 14. The molecule has 3 rings (SSSR count). The molecule has 0 fully saturated rings. The van der Waals surface area contributed by atoms with Crippen molar-refractivity contribution in [3.8, 4) is 0 Å². The zero-order chi connectivity index (χ0) is 28.5. The number of nitrogens with zero attached hydrogens (tertiary/aromatic N) is 1. The van der Waals surface area contributed by atoms with Gasteiger partial charge in [0.2, 0.25) is 17.7 Å². The summed E-state index contributed by atoms with van der Waals surface area (Å²) in [6.45, 7) is 1.26. The number of para-hydroxylation sites is 1. The normalized spacial score (nSPS) is 14.1. The fourth-order valence-corrected chi connectivity index (χ4v) is 3.92. The van der Waals surface area contributed by atoms with Gasteiger partial charge in [0.15, 0.2) is 0 Å². The van der Waals surface area contributed by atoms with Crippen molar-refractivity contribution in [2.24, 2.45) is 5.73 Å². The second kappa shape index (κ2) is 13.2. The quantitative estimate of drug-likeness (QED) is 0.130. The Balaban J connectivity index is 1.72. The molecular formula is C25H31N7O7. The summed E-state index contributed by atoms with van der Waals surface area (Å²) in [6.07, 6.45) is 3.92. The lowest BCUT2D eigenvalue weighted by Gasteiger charge is -2.24. The third-order valence-corrected chi connectivity index (χ3v) is 6.07. The number of hydrogen-bond donors (Lipinski definition) is 8. The third-order valence-electron chi connectivity index (χ3n) is 6.07. The number of carboxylic acids is 2. The molecule has 0 aliphatic rings. The Morgan fingerprint density at radius 3 is 2.31 bits per heavy atom. The van der Waals surface area contributed by atoms with E-state index in [1.807, 2.05) is 24.3 Å².